The molecule has 20 heavy (non-hydrogen) atoms. The normalized spacial score (nSPS) is 46.0. The Kier molecular flexibility index (Phi) is 3.41. The van der Waals surface area contributed by atoms with E-state index in [0.717, 1.165) is 40.9 Å². The number of hydrogen-bond acceptors (Lipinski definition) is 1. The van der Waals surface area contributed by atoms with Gasteiger partial charge in [-0.25, -0.2) is 0 Å². The predicted molar refractivity (Wildman–Crippen MR) is 84.5 cm³/mol. The van der Waals surface area contributed by atoms with E-state index >= 15 is 0 Å². The lowest BCUT2D eigenvalue weighted by Gasteiger charge is -2.62. The van der Waals surface area contributed by atoms with Crippen molar-refractivity contribution in [2.45, 2.75) is 65.2 Å². The third-order valence-corrected chi connectivity index (χ3v) is 7.40. The van der Waals surface area contributed by atoms with Crippen molar-refractivity contribution in [3.05, 3.63) is 0 Å². The first-order chi connectivity index (χ1) is 9.66. The highest BCUT2D eigenvalue weighted by molar-refractivity contribution is 5.05. The SMILES string of the molecule is CC(C)C(C1CCNCC1)C12CC3CC(CC(C3)C1)C2. The molecule has 114 valence electrons. The Morgan fingerprint density at radius 3 is 1.80 bits per heavy atom. The van der Waals surface area contributed by atoms with Gasteiger partial charge >= 0.3 is 0 Å². The molecular formula is C19H33N. The Labute approximate surface area is 125 Å². The van der Waals surface area contributed by atoms with Crippen molar-refractivity contribution in [1.29, 1.82) is 0 Å². The van der Waals surface area contributed by atoms with Gasteiger partial charge in [0.25, 0.3) is 0 Å². The molecule has 0 radical (unpaired) electrons. The lowest BCUT2D eigenvalue weighted by molar-refractivity contribution is -0.117. The largest absolute Gasteiger partial charge is 0.317 e. The molecule has 1 unspecified atom stereocenters. The minimum absolute atomic E-state index is 0.769. The third-order valence-electron chi connectivity index (χ3n) is 7.40. The molecule has 1 nitrogen and oxygen atoms in total. The average Bonchev–Trinajstić information content (AvgIpc) is 2.37. The van der Waals surface area contributed by atoms with Crippen molar-refractivity contribution >= 4 is 0 Å². The van der Waals surface area contributed by atoms with E-state index < -0.39 is 0 Å². The van der Waals surface area contributed by atoms with Gasteiger partial charge in [-0.05, 0) is 105 Å². The molecule has 1 aliphatic heterocycles. The highest BCUT2D eigenvalue weighted by atomic mass is 14.9. The molecule has 1 N–H and O–H groups in total. The fourth-order valence-corrected chi connectivity index (χ4v) is 7.54. The van der Waals surface area contributed by atoms with E-state index in [-0.39, 0.29) is 0 Å². The molecule has 5 fully saturated rings. The summed E-state index contributed by atoms with van der Waals surface area (Å²) >= 11 is 0. The second-order valence-corrected chi connectivity index (χ2v) is 9.14. The van der Waals surface area contributed by atoms with Gasteiger partial charge in [0, 0.05) is 0 Å². The first-order valence-electron chi connectivity index (χ1n) is 9.37. The maximum absolute atomic E-state index is 3.58. The van der Waals surface area contributed by atoms with Crippen molar-refractivity contribution in [1.82, 2.24) is 5.32 Å². The van der Waals surface area contributed by atoms with Crippen LogP contribution in [0.15, 0.2) is 0 Å². The molecule has 1 heterocycles. The highest BCUT2D eigenvalue weighted by Crippen LogP contribution is 2.65. The van der Waals surface area contributed by atoms with E-state index in [0.29, 0.717) is 0 Å². The van der Waals surface area contributed by atoms with Gasteiger partial charge in [-0.2, -0.15) is 0 Å². The second kappa shape index (κ2) is 5.00. The molecule has 0 aromatic heterocycles. The zero-order valence-electron chi connectivity index (χ0n) is 13.5. The van der Waals surface area contributed by atoms with Crippen LogP contribution in [-0.2, 0) is 0 Å². The Hall–Kier alpha value is -0.0400. The summed E-state index contributed by atoms with van der Waals surface area (Å²) in [6.07, 6.45) is 12.5. The van der Waals surface area contributed by atoms with Gasteiger partial charge in [0.05, 0.1) is 0 Å². The molecule has 0 amide bonds. The maximum atomic E-state index is 3.58. The van der Waals surface area contributed by atoms with Crippen LogP contribution in [0.3, 0.4) is 0 Å². The van der Waals surface area contributed by atoms with Crippen LogP contribution in [0.4, 0.5) is 0 Å². The molecular weight excluding hydrogens is 242 g/mol. The molecule has 0 aromatic carbocycles. The molecule has 4 saturated carbocycles. The van der Waals surface area contributed by atoms with Gasteiger partial charge in [0.2, 0.25) is 0 Å². The van der Waals surface area contributed by atoms with Gasteiger partial charge in [-0.1, -0.05) is 13.8 Å². The van der Waals surface area contributed by atoms with Crippen molar-refractivity contribution in [2.75, 3.05) is 13.1 Å². The van der Waals surface area contributed by atoms with E-state index in [1.54, 1.807) is 38.5 Å². The first-order valence-corrected chi connectivity index (χ1v) is 9.37. The van der Waals surface area contributed by atoms with Crippen LogP contribution in [0.5, 0.6) is 0 Å². The maximum Gasteiger partial charge on any atom is -0.00462 e. The molecule has 1 atom stereocenters. The molecule has 1 heteroatoms. The number of rotatable bonds is 3. The lowest BCUT2D eigenvalue weighted by Crippen LogP contribution is -2.53. The number of nitrogens with one attached hydrogen (secondary N) is 1. The van der Waals surface area contributed by atoms with Crippen molar-refractivity contribution in [3.63, 3.8) is 0 Å². The van der Waals surface area contributed by atoms with Gasteiger partial charge < -0.3 is 5.32 Å². The zero-order chi connectivity index (χ0) is 13.7. The van der Waals surface area contributed by atoms with Crippen molar-refractivity contribution in [3.8, 4) is 0 Å². The third kappa shape index (κ3) is 2.16. The summed E-state index contributed by atoms with van der Waals surface area (Å²) in [4.78, 5) is 0. The first kappa shape index (κ1) is 13.6. The van der Waals surface area contributed by atoms with Gasteiger partial charge in [-0.15, -0.1) is 0 Å². The summed E-state index contributed by atoms with van der Waals surface area (Å²) in [5, 5.41) is 3.58. The van der Waals surface area contributed by atoms with Crippen LogP contribution in [0, 0.1) is 40.9 Å². The Balaban J connectivity index is 1.62. The number of hydrogen-bond donors (Lipinski definition) is 1. The monoisotopic (exact) mass is 275 g/mol. The van der Waals surface area contributed by atoms with Gasteiger partial charge in [0.1, 0.15) is 0 Å². The standard InChI is InChI=1S/C19H33N/c1-13(2)18(17-3-5-20-6-4-17)19-10-14-7-15(11-19)9-16(8-14)12-19/h13-18,20H,3-12H2,1-2H3. The van der Waals surface area contributed by atoms with Crippen LogP contribution >= 0.6 is 0 Å². The summed E-state index contributed by atoms with van der Waals surface area (Å²) in [6.45, 7) is 7.62. The molecule has 1 saturated heterocycles. The van der Waals surface area contributed by atoms with Crippen LogP contribution in [0.1, 0.15) is 65.2 Å². The zero-order valence-corrected chi connectivity index (χ0v) is 13.5. The fourth-order valence-electron chi connectivity index (χ4n) is 7.54. The molecule has 0 spiro atoms. The Bertz CT molecular complexity index is 317. The summed E-state index contributed by atoms with van der Waals surface area (Å²) in [7, 11) is 0. The van der Waals surface area contributed by atoms with Crippen molar-refractivity contribution < 1.29 is 0 Å². The Morgan fingerprint density at radius 1 is 0.850 bits per heavy atom. The van der Waals surface area contributed by atoms with Crippen LogP contribution < -0.4 is 5.32 Å². The molecule has 4 aliphatic carbocycles. The van der Waals surface area contributed by atoms with E-state index in [1.165, 1.54) is 25.9 Å². The molecule has 5 aliphatic rings. The van der Waals surface area contributed by atoms with E-state index in [4.69, 9.17) is 0 Å². The fraction of sp³-hybridized carbons (Fsp3) is 1.00. The molecule has 5 rings (SSSR count). The van der Waals surface area contributed by atoms with E-state index in [9.17, 15) is 0 Å². The topological polar surface area (TPSA) is 12.0 Å². The van der Waals surface area contributed by atoms with Crippen molar-refractivity contribution in [2.24, 2.45) is 40.9 Å². The smallest absolute Gasteiger partial charge is 0.00462 e. The summed E-state index contributed by atoms with van der Waals surface area (Å²) in [5.41, 5.74) is 0.769. The molecule has 0 aromatic rings. The minimum Gasteiger partial charge on any atom is -0.317 e. The lowest BCUT2D eigenvalue weighted by atomic mass is 9.43. The summed E-state index contributed by atoms with van der Waals surface area (Å²) in [6, 6.07) is 0. The predicted octanol–water partition coefficient (Wildman–Crippen LogP) is 4.47. The quantitative estimate of drug-likeness (QED) is 0.801. The van der Waals surface area contributed by atoms with Crippen LogP contribution in [0.25, 0.3) is 0 Å². The minimum atomic E-state index is 0.769. The Morgan fingerprint density at radius 2 is 1.35 bits per heavy atom. The highest BCUT2D eigenvalue weighted by Gasteiger charge is 2.55. The van der Waals surface area contributed by atoms with Gasteiger partial charge in [-0.3, -0.25) is 0 Å². The van der Waals surface area contributed by atoms with Crippen LogP contribution in [-0.4, -0.2) is 13.1 Å². The van der Waals surface area contributed by atoms with Crippen LogP contribution in [0.2, 0.25) is 0 Å². The average molecular weight is 275 g/mol. The van der Waals surface area contributed by atoms with Gasteiger partial charge in [0.15, 0.2) is 0 Å². The van der Waals surface area contributed by atoms with E-state index in [2.05, 4.69) is 19.2 Å². The van der Waals surface area contributed by atoms with E-state index in [1.807, 2.05) is 0 Å². The molecule has 4 bridgehead atoms. The summed E-state index contributed by atoms with van der Waals surface area (Å²) in [5.74, 6) is 6.29. The number of piperidine rings is 1. The second-order valence-electron chi connectivity index (χ2n) is 9.14. The summed E-state index contributed by atoms with van der Waals surface area (Å²) < 4.78 is 0.